The van der Waals surface area contributed by atoms with E-state index in [-0.39, 0.29) is 23.2 Å². The maximum atomic E-state index is 12.6. The van der Waals surface area contributed by atoms with Crippen molar-refractivity contribution in [2.45, 2.75) is 19.1 Å². The molecule has 0 radical (unpaired) electrons. The third kappa shape index (κ3) is 8.96. The number of halogens is 4. The van der Waals surface area contributed by atoms with E-state index in [1.807, 2.05) is 24.3 Å². The Balaban J connectivity index is 1.72. The molecule has 3 rings (SSSR count). The lowest BCUT2D eigenvalue weighted by Gasteiger charge is -2.13. The number of aromatic nitrogens is 2. The van der Waals surface area contributed by atoms with Crippen molar-refractivity contribution in [3.63, 3.8) is 0 Å². The van der Waals surface area contributed by atoms with Gasteiger partial charge in [0.2, 0.25) is 11.8 Å². The van der Waals surface area contributed by atoms with Crippen LogP contribution in [0.2, 0.25) is 0 Å². The summed E-state index contributed by atoms with van der Waals surface area (Å²) in [5.74, 6) is -0.411. The quantitative estimate of drug-likeness (QED) is 0.195. The van der Waals surface area contributed by atoms with Crippen LogP contribution in [0.4, 0.5) is 30.6 Å². The topological polar surface area (TPSA) is 106 Å². The number of ether oxygens (including phenoxy) is 2. The second kappa shape index (κ2) is 12.2. The largest absolute Gasteiger partial charge is 0.494 e. The first kappa shape index (κ1) is 26.1. The summed E-state index contributed by atoms with van der Waals surface area (Å²) in [5, 5.41) is 15.8. The average Bonchev–Trinajstić information content (AvgIpc) is 2.82. The van der Waals surface area contributed by atoms with Crippen molar-refractivity contribution >= 4 is 39.4 Å². The van der Waals surface area contributed by atoms with Gasteiger partial charge in [-0.3, -0.25) is 0 Å². The molecule has 3 aromatic rings. The molecule has 2 aromatic carbocycles. The van der Waals surface area contributed by atoms with Crippen molar-refractivity contribution in [1.29, 1.82) is 0 Å². The minimum atomic E-state index is -4.53. The van der Waals surface area contributed by atoms with Crippen LogP contribution in [0.15, 0.2) is 54.6 Å². The summed E-state index contributed by atoms with van der Waals surface area (Å²) in [4.78, 5) is 19.3. The van der Waals surface area contributed by atoms with E-state index in [1.165, 1.54) is 30.3 Å². The molecule has 3 N–H and O–H groups in total. The number of hydrogen-bond donors (Lipinski definition) is 3. The first-order valence-corrected chi connectivity index (χ1v) is 11.5. The number of hydrogen-bond acceptors (Lipinski definition) is 7. The highest BCUT2D eigenvalue weighted by Gasteiger charge is 2.29. The molecule has 35 heavy (non-hydrogen) atoms. The Morgan fingerprint density at radius 2 is 1.74 bits per heavy atom. The van der Waals surface area contributed by atoms with Gasteiger partial charge in [-0.1, -0.05) is 28.1 Å². The van der Waals surface area contributed by atoms with Crippen LogP contribution in [0.5, 0.6) is 11.6 Å². The van der Waals surface area contributed by atoms with E-state index in [0.717, 1.165) is 23.1 Å². The molecule has 0 unspecified atom stereocenters. The smallest absolute Gasteiger partial charge is 0.422 e. The van der Waals surface area contributed by atoms with Gasteiger partial charge in [-0.2, -0.15) is 23.1 Å². The zero-order valence-corrected chi connectivity index (χ0v) is 19.9. The number of aromatic carboxylic acids is 1. The van der Waals surface area contributed by atoms with Gasteiger partial charge in [-0.05, 0) is 48.4 Å². The predicted octanol–water partition coefficient (Wildman–Crippen LogP) is 5.64. The van der Waals surface area contributed by atoms with Crippen molar-refractivity contribution < 1.29 is 32.5 Å². The van der Waals surface area contributed by atoms with Crippen LogP contribution < -0.4 is 20.1 Å². The summed E-state index contributed by atoms with van der Waals surface area (Å²) in [7, 11) is 0. The van der Waals surface area contributed by atoms with E-state index in [0.29, 0.717) is 18.8 Å². The molecule has 186 valence electrons. The molecule has 0 saturated carbocycles. The molecule has 8 nitrogen and oxygen atoms in total. The Bertz CT molecular complexity index is 1110. The third-order valence-corrected chi connectivity index (χ3v) is 4.97. The highest BCUT2D eigenvalue weighted by molar-refractivity contribution is 9.09. The Morgan fingerprint density at radius 3 is 2.37 bits per heavy atom. The first-order chi connectivity index (χ1) is 16.7. The molecular weight excluding hydrogens is 533 g/mol. The van der Waals surface area contributed by atoms with E-state index in [4.69, 9.17) is 14.6 Å². The molecule has 0 aliphatic rings. The van der Waals surface area contributed by atoms with E-state index in [9.17, 15) is 18.0 Å². The summed E-state index contributed by atoms with van der Waals surface area (Å²) in [6, 6.07) is 14.4. The molecule has 0 atom stereocenters. The molecule has 0 aliphatic heterocycles. The molecule has 0 aliphatic carbocycles. The fraction of sp³-hybridized carbons (Fsp3) is 0.261. The number of carbonyl (C=O) groups is 1. The number of benzene rings is 2. The Labute approximate surface area is 207 Å². The lowest BCUT2D eigenvalue weighted by atomic mass is 10.2. The van der Waals surface area contributed by atoms with Crippen LogP contribution in [-0.2, 0) is 6.54 Å². The standard InChI is InChI=1S/C23H22BrF3N4O4/c24-10-1-11-34-18-8-2-15(3-9-18)13-28-22-30-19(12-20(31-22)35-14-23(25,26)27)29-17-6-4-16(5-7-17)21(32)33/h2-9,12H,1,10-11,13-14H2,(H,32,33)(H2,28,29,30,31). The molecule has 0 spiro atoms. The molecule has 12 heteroatoms. The number of carboxylic acids is 1. The van der Waals surface area contributed by atoms with E-state index >= 15 is 0 Å². The summed E-state index contributed by atoms with van der Waals surface area (Å²) in [6.07, 6.45) is -3.65. The van der Waals surface area contributed by atoms with Gasteiger partial charge < -0.3 is 25.2 Å². The van der Waals surface area contributed by atoms with Crippen molar-refractivity contribution in [3.05, 3.63) is 65.7 Å². The van der Waals surface area contributed by atoms with Crippen LogP contribution in [0.25, 0.3) is 0 Å². The van der Waals surface area contributed by atoms with Crippen LogP contribution in [0, 0.1) is 0 Å². The number of carboxylic acid groups (broad SMARTS) is 1. The fourth-order valence-electron chi connectivity index (χ4n) is 2.77. The van der Waals surface area contributed by atoms with Gasteiger partial charge in [0, 0.05) is 23.6 Å². The maximum absolute atomic E-state index is 12.6. The number of rotatable bonds is 12. The van der Waals surface area contributed by atoms with Gasteiger partial charge in [0.1, 0.15) is 11.6 Å². The highest BCUT2D eigenvalue weighted by Crippen LogP contribution is 2.24. The molecule has 1 aromatic heterocycles. The van der Waals surface area contributed by atoms with Gasteiger partial charge in [-0.25, -0.2) is 4.79 Å². The summed E-state index contributed by atoms with van der Waals surface area (Å²) < 4.78 is 48.3. The average molecular weight is 555 g/mol. The normalized spacial score (nSPS) is 11.1. The fourth-order valence-corrected chi connectivity index (χ4v) is 3.00. The Hall–Kier alpha value is -3.54. The van der Waals surface area contributed by atoms with Crippen LogP contribution >= 0.6 is 15.9 Å². The predicted molar refractivity (Wildman–Crippen MR) is 128 cm³/mol. The van der Waals surface area contributed by atoms with Crippen molar-refractivity contribution in [1.82, 2.24) is 9.97 Å². The second-order valence-corrected chi connectivity index (χ2v) is 8.01. The van der Waals surface area contributed by atoms with E-state index in [1.54, 1.807) is 0 Å². The van der Waals surface area contributed by atoms with Crippen LogP contribution in [-0.4, -0.2) is 45.8 Å². The first-order valence-electron chi connectivity index (χ1n) is 10.4. The highest BCUT2D eigenvalue weighted by atomic mass is 79.9. The molecule has 0 fully saturated rings. The van der Waals surface area contributed by atoms with Gasteiger partial charge in [0.05, 0.1) is 12.2 Å². The van der Waals surface area contributed by atoms with Gasteiger partial charge in [0.25, 0.3) is 0 Å². The zero-order chi connectivity index (χ0) is 25.3. The Morgan fingerprint density at radius 1 is 1.03 bits per heavy atom. The SMILES string of the molecule is O=C(O)c1ccc(Nc2cc(OCC(F)(F)F)nc(NCc3ccc(OCCCBr)cc3)n2)cc1. The van der Waals surface area contributed by atoms with Gasteiger partial charge in [0.15, 0.2) is 6.61 Å². The lowest BCUT2D eigenvalue weighted by Crippen LogP contribution is -2.20. The molecule has 0 bridgehead atoms. The Kier molecular flexibility index (Phi) is 9.12. The third-order valence-electron chi connectivity index (χ3n) is 4.41. The summed E-state index contributed by atoms with van der Waals surface area (Å²) in [6.45, 7) is -0.611. The van der Waals surface area contributed by atoms with Crippen molar-refractivity contribution in [2.75, 3.05) is 29.2 Å². The minimum absolute atomic E-state index is 0.0481. The van der Waals surface area contributed by atoms with Gasteiger partial charge >= 0.3 is 12.1 Å². The van der Waals surface area contributed by atoms with E-state index < -0.39 is 18.8 Å². The summed E-state index contributed by atoms with van der Waals surface area (Å²) in [5.41, 5.74) is 1.45. The molecule has 0 amide bonds. The minimum Gasteiger partial charge on any atom is -0.494 e. The summed E-state index contributed by atoms with van der Waals surface area (Å²) >= 11 is 3.34. The maximum Gasteiger partial charge on any atom is 0.422 e. The number of nitrogens with zero attached hydrogens (tertiary/aromatic N) is 2. The molecule has 1 heterocycles. The number of alkyl halides is 4. The van der Waals surface area contributed by atoms with Crippen molar-refractivity contribution in [2.24, 2.45) is 0 Å². The number of anilines is 3. The van der Waals surface area contributed by atoms with Gasteiger partial charge in [-0.15, -0.1) is 0 Å². The lowest BCUT2D eigenvalue weighted by molar-refractivity contribution is -0.154. The molecular formula is C23H22BrF3N4O4. The second-order valence-electron chi connectivity index (χ2n) is 7.21. The van der Waals surface area contributed by atoms with Crippen LogP contribution in [0.1, 0.15) is 22.3 Å². The van der Waals surface area contributed by atoms with Crippen molar-refractivity contribution in [3.8, 4) is 11.6 Å². The van der Waals surface area contributed by atoms with E-state index in [2.05, 4.69) is 36.5 Å². The zero-order valence-electron chi connectivity index (χ0n) is 18.3. The molecule has 0 saturated heterocycles. The van der Waals surface area contributed by atoms with Crippen LogP contribution in [0.3, 0.4) is 0 Å². The number of nitrogens with one attached hydrogen (secondary N) is 2. The monoisotopic (exact) mass is 554 g/mol.